The third kappa shape index (κ3) is 2.44. The number of amides is 1. The maximum absolute atomic E-state index is 12.3. The Hall–Kier alpha value is -1.43. The topological polar surface area (TPSA) is 64.8 Å². The van der Waals surface area contributed by atoms with E-state index in [4.69, 9.17) is 15.2 Å². The number of ether oxygens (including phenoxy) is 2. The van der Waals surface area contributed by atoms with Crippen LogP contribution in [0.3, 0.4) is 0 Å². The Balaban J connectivity index is 1.83. The fourth-order valence-corrected chi connectivity index (χ4v) is 2.83. The molecule has 0 aromatic heterocycles. The molecule has 2 atom stereocenters. The first-order valence-corrected chi connectivity index (χ1v) is 6.93. The monoisotopic (exact) mass is 276 g/mol. The van der Waals surface area contributed by atoms with Crippen LogP contribution in [-0.2, 0) is 20.7 Å². The number of benzene rings is 1. The van der Waals surface area contributed by atoms with E-state index in [0.29, 0.717) is 19.6 Å². The van der Waals surface area contributed by atoms with Crippen molar-refractivity contribution in [2.24, 2.45) is 5.73 Å². The van der Waals surface area contributed by atoms with Gasteiger partial charge in [-0.1, -0.05) is 18.2 Å². The van der Waals surface area contributed by atoms with Gasteiger partial charge in [-0.15, -0.1) is 0 Å². The molecule has 1 fully saturated rings. The largest absolute Gasteiger partial charge is 0.348 e. The van der Waals surface area contributed by atoms with Gasteiger partial charge in [0.2, 0.25) is 5.91 Å². The van der Waals surface area contributed by atoms with Crippen LogP contribution in [0.4, 0.5) is 5.69 Å². The second kappa shape index (κ2) is 4.84. The number of para-hydroxylation sites is 1. The fraction of sp³-hybridized carbons (Fsp3) is 0.533. The van der Waals surface area contributed by atoms with Crippen LogP contribution in [0.25, 0.3) is 0 Å². The van der Waals surface area contributed by atoms with E-state index in [2.05, 4.69) is 0 Å². The molecule has 2 heterocycles. The van der Waals surface area contributed by atoms with Crippen LogP contribution in [0.2, 0.25) is 0 Å². The van der Waals surface area contributed by atoms with Gasteiger partial charge in [-0.2, -0.15) is 0 Å². The molecule has 0 bridgehead atoms. The number of nitrogens with zero attached hydrogens (tertiary/aromatic N) is 1. The van der Waals surface area contributed by atoms with Crippen LogP contribution in [0, 0.1) is 0 Å². The zero-order chi connectivity index (χ0) is 14.3. The third-order valence-corrected chi connectivity index (χ3v) is 3.76. The SMILES string of the molecule is CC1(C)OC[C@H](CN2C(=O)[C@H](N)Cc3ccccc32)O1. The summed E-state index contributed by atoms with van der Waals surface area (Å²) >= 11 is 0. The van der Waals surface area contributed by atoms with Crippen molar-refractivity contribution in [2.45, 2.75) is 38.2 Å². The van der Waals surface area contributed by atoms with E-state index in [1.165, 1.54) is 0 Å². The van der Waals surface area contributed by atoms with Crippen molar-refractivity contribution >= 4 is 11.6 Å². The van der Waals surface area contributed by atoms with Crippen LogP contribution in [0.1, 0.15) is 19.4 Å². The molecule has 0 radical (unpaired) electrons. The van der Waals surface area contributed by atoms with Crippen LogP contribution in [0.15, 0.2) is 24.3 Å². The molecular formula is C15H20N2O3. The Labute approximate surface area is 118 Å². The highest BCUT2D eigenvalue weighted by molar-refractivity contribution is 6.00. The quantitative estimate of drug-likeness (QED) is 0.877. The second-order valence-corrected chi connectivity index (χ2v) is 5.84. The minimum Gasteiger partial charge on any atom is -0.348 e. The zero-order valence-corrected chi connectivity index (χ0v) is 11.8. The summed E-state index contributed by atoms with van der Waals surface area (Å²) < 4.78 is 11.3. The van der Waals surface area contributed by atoms with Crippen molar-refractivity contribution in [1.29, 1.82) is 0 Å². The van der Waals surface area contributed by atoms with Gasteiger partial charge in [0.25, 0.3) is 0 Å². The molecule has 20 heavy (non-hydrogen) atoms. The van der Waals surface area contributed by atoms with E-state index >= 15 is 0 Å². The molecular weight excluding hydrogens is 256 g/mol. The van der Waals surface area contributed by atoms with Crippen molar-refractivity contribution in [1.82, 2.24) is 0 Å². The first kappa shape index (κ1) is 13.5. The van der Waals surface area contributed by atoms with Crippen LogP contribution in [0.5, 0.6) is 0 Å². The number of carbonyl (C=O) groups is 1. The molecule has 2 aliphatic heterocycles. The van der Waals surface area contributed by atoms with Gasteiger partial charge in [-0.25, -0.2) is 0 Å². The standard InChI is InChI=1S/C15H20N2O3/c1-15(2)19-9-11(20-15)8-17-13-6-4-3-5-10(13)7-12(16)14(17)18/h3-6,11-12H,7-9,16H2,1-2H3/t11-,12+/m0/s1. The van der Waals surface area contributed by atoms with Gasteiger partial charge < -0.3 is 20.1 Å². The number of fused-ring (bicyclic) bond motifs is 1. The Morgan fingerprint density at radius 3 is 2.85 bits per heavy atom. The number of anilines is 1. The summed E-state index contributed by atoms with van der Waals surface area (Å²) in [7, 11) is 0. The number of carbonyl (C=O) groups excluding carboxylic acids is 1. The van der Waals surface area contributed by atoms with Gasteiger partial charge >= 0.3 is 0 Å². The molecule has 1 saturated heterocycles. The van der Waals surface area contributed by atoms with Gasteiger partial charge in [-0.3, -0.25) is 4.79 Å². The molecule has 1 aromatic rings. The summed E-state index contributed by atoms with van der Waals surface area (Å²) in [6.45, 7) is 4.73. The van der Waals surface area contributed by atoms with E-state index in [1.807, 2.05) is 38.1 Å². The van der Waals surface area contributed by atoms with Crippen molar-refractivity contribution in [3.8, 4) is 0 Å². The fourth-order valence-electron chi connectivity index (χ4n) is 2.83. The molecule has 108 valence electrons. The molecule has 0 unspecified atom stereocenters. The molecule has 5 nitrogen and oxygen atoms in total. The number of hydrogen-bond donors (Lipinski definition) is 1. The van der Waals surface area contributed by atoms with E-state index in [0.717, 1.165) is 11.3 Å². The highest BCUT2D eigenvalue weighted by Gasteiger charge is 2.37. The van der Waals surface area contributed by atoms with Crippen molar-refractivity contribution in [2.75, 3.05) is 18.1 Å². The molecule has 5 heteroatoms. The summed E-state index contributed by atoms with van der Waals surface area (Å²) in [5, 5.41) is 0. The maximum Gasteiger partial charge on any atom is 0.244 e. The normalized spacial score (nSPS) is 28.6. The van der Waals surface area contributed by atoms with Gasteiger partial charge in [0.05, 0.1) is 19.2 Å². The first-order valence-electron chi connectivity index (χ1n) is 6.93. The average Bonchev–Trinajstić information content (AvgIpc) is 2.74. The Bertz CT molecular complexity index is 530. The third-order valence-electron chi connectivity index (χ3n) is 3.76. The summed E-state index contributed by atoms with van der Waals surface area (Å²) in [6.07, 6.45) is 0.478. The predicted molar refractivity (Wildman–Crippen MR) is 75.4 cm³/mol. The molecule has 1 amide bonds. The lowest BCUT2D eigenvalue weighted by molar-refractivity contribution is -0.138. The number of nitrogens with two attached hydrogens (primary N) is 1. The molecule has 3 rings (SSSR count). The molecule has 0 saturated carbocycles. The lowest BCUT2D eigenvalue weighted by atomic mass is 9.97. The van der Waals surface area contributed by atoms with Crippen LogP contribution in [-0.4, -0.2) is 37.0 Å². The van der Waals surface area contributed by atoms with Crippen molar-refractivity contribution in [3.05, 3.63) is 29.8 Å². The van der Waals surface area contributed by atoms with E-state index < -0.39 is 11.8 Å². The second-order valence-electron chi connectivity index (χ2n) is 5.84. The minimum atomic E-state index is -0.578. The summed E-state index contributed by atoms with van der Waals surface area (Å²) in [6, 6.07) is 7.41. The molecule has 2 N–H and O–H groups in total. The smallest absolute Gasteiger partial charge is 0.244 e. The van der Waals surface area contributed by atoms with Gasteiger partial charge in [0, 0.05) is 5.69 Å². The molecule has 0 spiro atoms. The van der Waals surface area contributed by atoms with Crippen molar-refractivity contribution < 1.29 is 14.3 Å². The Morgan fingerprint density at radius 2 is 2.15 bits per heavy atom. The Kier molecular flexibility index (Phi) is 3.28. The van der Waals surface area contributed by atoms with Crippen LogP contribution >= 0.6 is 0 Å². The zero-order valence-electron chi connectivity index (χ0n) is 11.8. The Morgan fingerprint density at radius 1 is 1.40 bits per heavy atom. The highest BCUT2D eigenvalue weighted by atomic mass is 16.7. The molecule has 0 aliphatic carbocycles. The summed E-state index contributed by atoms with van der Waals surface area (Å²) in [5.74, 6) is -0.623. The first-order chi connectivity index (χ1) is 9.46. The highest BCUT2D eigenvalue weighted by Crippen LogP contribution is 2.29. The predicted octanol–water partition coefficient (Wildman–Crippen LogP) is 1.05. The van der Waals surface area contributed by atoms with Crippen molar-refractivity contribution in [3.63, 3.8) is 0 Å². The molecule has 2 aliphatic rings. The number of rotatable bonds is 2. The summed E-state index contributed by atoms with van der Waals surface area (Å²) in [4.78, 5) is 14.1. The summed E-state index contributed by atoms with van der Waals surface area (Å²) in [5.41, 5.74) is 7.99. The van der Waals surface area contributed by atoms with Gasteiger partial charge in [0.15, 0.2) is 5.79 Å². The van der Waals surface area contributed by atoms with Gasteiger partial charge in [-0.05, 0) is 31.9 Å². The van der Waals surface area contributed by atoms with E-state index in [9.17, 15) is 4.79 Å². The van der Waals surface area contributed by atoms with E-state index in [1.54, 1.807) is 4.90 Å². The number of hydrogen-bond acceptors (Lipinski definition) is 4. The lowest BCUT2D eigenvalue weighted by Gasteiger charge is -2.34. The van der Waals surface area contributed by atoms with Crippen LogP contribution < -0.4 is 10.6 Å². The lowest BCUT2D eigenvalue weighted by Crippen LogP contribution is -2.51. The maximum atomic E-state index is 12.3. The molecule has 1 aromatic carbocycles. The van der Waals surface area contributed by atoms with E-state index in [-0.39, 0.29) is 12.0 Å². The van der Waals surface area contributed by atoms with Gasteiger partial charge in [0.1, 0.15) is 6.10 Å². The average molecular weight is 276 g/mol. The minimum absolute atomic E-state index is 0.0444.